The van der Waals surface area contributed by atoms with Gasteiger partial charge in [-0.2, -0.15) is 0 Å². The predicted molar refractivity (Wildman–Crippen MR) is 575 cm³/mol. The minimum absolute atomic E-state index is 0. The first-order valence-electron chi connectivity index (χ1n) is 48.9. The molecule has 3 rings (SSSR count). The van der Waals surface area contributed by atoms with E-state index in [0.29, 0.717) is 0 Å². The summed E-state index contributed by atoms with van der Waals surface area (Å²) in [5.41, 5.74) is 3.02. The fourth-order valence-corrected chi connectivity index (χ4v) is 2.97. The molecule has 3 aromatic rings. The molecule has 0 aliphatic carbocycles. The number of hydrogen-bond acceptors (Lipinski definition) is 0. The molecule has 106 heavy (non-hydrogen) atoms. The molecule has 0 N–H and O–H groups in total. The van der Waals surface area contributed by atoms with Gasteiger partial charge < -0.3 is 8.85 Å². The number of aryl methyl sites for hydroxylation is 1. The van der Waals surface area contributed by atoms with Crippen LogP contribution >= 0.6 is 0 Å². The second kappa shape index (κ2) is 495. The SMILES string of the molecule is CC.CC.Cc1cc2c(ccc3ccccc32)cc1C(C)(C)C.[CH3-].[H-].[Rb+].[Rb+].[Rb][Rb].[Rb][Rb].[Rb][Rb].[Rb][Rb].[Rb][Rb].[Rb][Rb].[Rb][Rb].[Rb][Rb].[Rb][Rb].[Rb][Rb].[Rb][Rb].[Rb][Rb].[Rb][Rb].[Rb][Rb].[Rb][Rb].[Rb][Rb].[Rb][Rb].[Rb][Rb].[Rb][Rb].[Rb][Rb].[Rb][Rb].[Rb][Rb].[Rb][Rb].[Rb][Rb].[Rb][Rb].[Rb][Rb].[Rb][Rb].[Rb][Rb].[Rb][Rb].[Rb][Rb].[Rb][Rb].[Rb][Rb].[Rb][Rb].[Rb][Rb].[Rb][Rb].[Rb][Rb].[Rb][Rb].[Rb][Rb].[Rb][Rb].[Rb][Rb]. The van der Waals surface area contributed by atoms with Gasteiger partial charge in [-0.3, -0.25) is 0 Å². The monoisotopic (exact) mass is 7290 g/mol. The van der Waals surface area contributed by atoms with Crippen LogP contribution in [0, 0.1) is 14.4 Å². The average Bonchev–Trinajstić information content (AvgIpc) is 0.777. The van der Waals surface area contributed by atoms with Gasteiger partial charge in [0.05, 0.1) is 0 Å². The van der Waals surface area contributed by atoms with Crippen LogP contribution in [-0.4, -0.2) is 2710 Å². The molecule has 0 saturated carbocycles. The summed E-state index contributed by atoms with van der Waals surface area (Å²) in [5, 5.41) is 5.37. The van der Waals surface area contributed by atoms with Gasteiger partial charge in [0.15, 0.2) is 0 Å². The number of benzene rings is 3. The molecule has 0 fully saturated rings. The van der Waals surface area contributed by atoms with Gasteiger partial charge in [-0.1, -0.05) is 97.0 Å². The van der Waals surface area contributed by atoms with E-state index in [4.69, 9.17) is 0 Å². The molecule has 0 nitrogen and oxygen atoms in total. The third kappa shape index (κ3) is 439. The molecule has 3 aromatic carbocycles. The molecular weight excluding hydrogens is 7300 g/mol. The first kappa shape index (κ1) is 364. The van der Waals surface area contributed by atoms with E-state index < -0.39 is 0 Å². The summed E-state index contributed by atoms with van der Waals surface area (Å²) < 4.78 is 0. The van der Waals surface area contributed by atoms with Crippen molar-refractivity contribution in [3.8, 4) is 0 Å². The van der Waals surface area contributed by atoms with Crippen LogP contribution in [0.3, 0.4) is 0 Å². The van der Waals surface area contributed by atoms with E-state index in [1.165, 1.54) is 32.7 Å². The third-order valence-corrected chi connectivity index (χ3v) is 3.90. The summed E-state index contributed by atoms with van der Waals surface area (Å²) in [6.07, 6.45) is 0. The van der Waals surface area contributed by atoms with E-state index in [0.717, 1.165) is 2710 Å². The van der Waals surface area contributed by atoms with Crippen molar-refractivity contribution in [2.24, 2.45) is 0 Å². The molecule has 0 radical (unpaired) electrons. The van der Waals surface area contributed by atoms with E-state index in [1.54, 1.807) is 0 Å². The zero-order valence-electron chi connectivity index (χ0n) is 100. The molecule has 214 valence electrons. The van der Waals surface area contributed by atoms with Crippen molar-refractivity contribution < 1.29 is 118 Å². The fourth-order valence-electron chi connectivity index (χ4n) is 2.97. The van der Waals surface area contributed by atoms with Crippen LogP contribution in [0.1, 0.15) is 61.0 Å². The zero-order chi connectivity index (χ0) is 97.6. The predicted octanol–water partition coefficient (Wildman–Crippen LogP) is -28.2. The minimum atomic E-state index is 0. The zero-order valence-corrected chi connectivity index (χ0v) is 502. The average molecular weight is 7330 g/mol. The first-order valence-corrected chi connectivity index (χ1v) is 1410. The Balaban J connectivity index is -0.00000000958. The standard InChI is InChI=1S/C19H20.2C2H6.CH3.82Rb.H/c1-13-11-17-15(12-18(13)19(2,3)4)10-9-14-7-5-6-8-16(14)17;2*1-2;;;;;;;;;;;;;;;;;;;;;;;;;;;;;;;;;;;;;;;;;;;;;;;;;;;;;;;;;;;;;;;;;;;;;;;;;;;;;;;;;;;;/h5-12H,1-4H3;2*1-2H3;1H3;;;;;;;;;;;;;;;;;;;;;;;;;;;;;;;;;;;;;;;;;;;;;;;;;;;;;;;;;;;;;;;;;;;;;;;;;;;;;;;;;;;/q;;;-1;;;;;;;;;;;;;;;;;;;;;;;;;;;;;;;;;;;;;;;;;;;;;;;;;;;;;;;;;;;;;;;;;;;;;;;;;;;;;;;;;2*+1;-1. The van der Waals surface area contributed by atoms with E-state index >= 15 is 0 Å². The van der Waals surface area contributed by atoms with Crippen LogP contribution in [0.15, 0.2) is 48.5 Å². The van der Waals surface area contributed by atoms with Crippen LogP contribution in [0.5, 0.6) is 0 Å². The quantitative estimate of drug-likeness (QED) is 0.155. The van der Waals surface area contributed by atoms with Gasteiger partial charge in [0.1, 0.15) is 0 Å². The van der Waals surface area contributed by atoms with Crippen molar-refractivity contribution in [3.05, 3.63) is 67.1 Å². The summed E-state index contributed by atoms with van der Waals surface area (Å²) in [5.74, 6) is 0. The van der Waals surface area contributed by atoms with Crippen LogP contribution in [0.4, 0.5) is 0 Å². The van der Waals surface area contributed by atoms with Gasteiger partial charge in [-0.25, -0.2) is 0 Å². The number of fused-ring (bicyclic) bond motifs is 3. The summed E-state index contributed by atoms with van der Waals surface area (Å²) in [4.78, 5) is 0. The van der Waals surface area contributed by atoms with E-state index in [1.807, 2.05) is 27.7 Å². The molecular formula is C24H36Rb82. The van der Waals surface area contributed by atoms with E-state index in [-0.39, 0.29) is 131 Å². The van der Waals surface area contributed by atoms with Gasteiger partial charge >= 0.3 is 2820 Å². The summed E-state index contributed by atoms with van der Waals surface area (Å²) in [6.45, 7) is 17.1. The molecule has 0 saturated heterocycles. The molecule has 0 atom stereocenters. The number of hydrogen-bond donors (Lipinski definition) is 0. The van der Waals surface area contributed by atoms with E-state index in [2.05, 4.69) is 76.2 Å². The molecule has 0 aromatic heterocycles. The summed E-state index contributed by atoms with van der Waals surface area (Å²) in [6, 6.07) is 17.8. The Bertz CT molecular complexity index is 848. The van der Waals surface area contributed by atoms with Gasteiger partial charge in [0.25, 0.3) is 0 Å². The maximum atomic E-state index is 2.36. The molecule has 82 heteroatoms. The van der Waals surface area contributed by atoms with Crippen molar-refractivity contribution >= 4 is 2730 Å². The topological polar surface area (TPSA) is 0 Å². The van der Waals surface area contributed by atoms with Gasteiger partial charge in [-0.15, -0.1) is 0 Å². The Morgan fingerprint density at radius 2 is 0.311 bits per heavy atom. The second-order valence-corrected chi connectivity index (χ2v) is 6.42. The third-order valence-electron chi connectivity index (χ3n) is 3.90. The van der Waals surface area contributed by atoms with Crippen molar-refractivity contribution in [1.29, 1.82) is 0 Å². The molecule has 0 bridgehead atoms. The molecule has 0 aliphatic rings. The number of rotatable bonds is 0. The van der Waals surface area contributed by atoms with Crippen molar-refractivity contribution in [2.45, 2.75) is 60.8 Å². The Labute approximate surface area is 2740 Å². The molecule has 0 aliphatic heterocycles. The molecule has 0 spiro atoms. The maximum absolute atomic E-state index is 2.36. The van der Waals surface area contributed by atoms with Crippen LogP contribution in [0.25, 0.3) is 21.5 Å². The first-order chi connectivity index (χ1) is 51.0. The summed E-state index contributed by atoms with van der Waals surface area (Å²) >= 11 is 92.8. The van der Waals surface area contributed by atoms with Crippen LogP contribution in [-0.2, 0) is 5.41 Å². The normalized spacial score (nSPS) is 5.32. The van der Waals surface area contributed by atoms with Crippen LogP contribution < -0.4 is 116 Å². The summed E-state index contributed by atoms with van der Waals surface area (Å²) in [7, 11) is 0. The van der Waals surface area contributed by atoms with Gasteiger partial charge in [-0.05, 0) is 45.0 Å². The Hall–Kier alpha value is 146. The molecule has 0 amide bonds. The van der Waals surface area contributed by atoms with Crippen molar-refractivity contribution in [2.75, 3.05) is 0 Å². The fraction of sp³-hybridized carbons (Fsp3) is 0.375. The Morgan fingerprint density at radius 1 is 0.189 bits per heavy atom. The van der Waals surface area contributed by atoms with Crippen molar-refractivity contribution in [1.82, 2.24) is 0 Å². The van der Waals surface area contributed by atoms with Gasteiger partial charge in [0.2, 0.25) is 0 Å². The Kier molecular flexibility index (Phi) is 1700. The Morgan fingerprint density at radius 3 is 0.443 bits per heavy atom. The van der Waals surface area contributed by atoms with E-state index in [9.17, 15) is 0 Å². The molecule has 0 unspecified atom stereocenters. The van der Waals surface area contributed by atoms with Gasteiger partial charge in [0, 0.05) is 0 Å². The van der Waals surface area contributed by atoms with Crippen LogP contribution in [0.2, 0.25) is 0 Å². The second-order valence-electron chi connectivity index (χ2n) is 6.42. The molecule has 0 heterocycles. The van der Waals surface area contributed by atoms with Crippen molar-refractivity contribution in [3.63, 3.8) is 0 Å².